The first-order valence-electron chi connectivity index (χ1n) is 9.96. The molecule has 146 valence electrons. The normalized spacial score (nSPS) is 24.9. The number of piperidine rings is 1. The van der Waals surface area contributed by atoms with E-state index in [1.807, 2.05) is 28.9 Å². The lowest BCUT2D eigenvalue weighted by molar-refractivity contribution is -0.136. The maximum atomic E-state index is 12.9. The van der Waals surface area contributed by atoms with Crippen LogP contribution in [0.2, 0.25) is 5.02 Å². The first-order valence-corrected chi connectivity index (χ1v) is 10.3. The molecule has 2 fully saturated rings. The van der Waals surface area contributed by atoms with Crippen LogP contribution in [0.25, 0.3) is 5.65 Å². The second-order valence-electron chi connectivity index (χ2n) is 7.88. The number of carbonyl (C=O) groups excluding carboxylic acids is 1. The Morgan fingerprint density at radius 1 is 1.26 bits per heavy atom. The van der Waals surface area contributed by atoms with Crippen LogP contribution in [-0.2, 0) is 11.3 Å². The average Bonchev–Trinajstić information content (AvgIpc) is 2.89. The van der Waals surface area contributed by atoms with Gasteiger partial charge < -0.3 is 14.6 Å². The molecule has 2 aromatic rings. The van der Waals surface area contributed by atoms with Crippen LogP contribution < -0.4 is 5.32 Å². The van der Waals surface area contributed by atoms with Crippen LogP contribution in [0, 0.1) is 5.92 Å². The number of aromatic nitrogens is 2. The molecule has 2 aliphatic rings. The Bertz CT molecular complexity index is 807. The molecule has 1 N–H and O–H groups in total. The van der Waals surface area contributed by atoms with Gasteiger partial charge in [-0.3, -0.25) is 9.69 Å². The summed E-state index contributed by atoms with van der Waals surface area (Å²) in [5.41, 5.74) is 1.96. The van der Waals surface area contributed by atoms with E-state index >= 15 is 0 Å². The number of nitrogens with one attached hydrogen (secondary N) is 1. The number of amides is 1. The van der Waals surface area contributed by atoms with Gasteiger partial charge in [0.15, 0.2) is 0 Å². The minimum Gasteiger partial charge on any atom is -0.341 e. The summed E-state index contributed by atoms with van der Waals surface area (Å²) < 4.78 is 1.98. The van der Waals surface area contributed by atoms with Crippen molar-refractivity contribution in [1.82, 2.24) is 24.5 Å². The van der Waals surface area contributed by atoms with E-state index in [9.17, 15) is 4.79 Å². The van der Waals surface area contributed by atoms with E-state index in [1.165, 1.54) is 0 Å². The predicted molar refractivity (Wildman–Crippen MR) is 107 cm³/mol. The summed E-state index contributed by atoms with van der Waals surface area (Å²) in [5.74, 6) is 0.545. The summed E-state index contributed by atoms with van der Waals surface area (Å²) in [6, 6.07) is 4.25. The molecule has 0 radical (unpaired) electrons. The Hall–Kier alpha value is -1.63. The van der Waals surface area contributed by atoms with Crippen molar-refractivity contribution in [2.45, 2.75) is 38.8 Å². The minimum absolute atomic E-state index is 0.191. The highest BCUT2D eigenvalue weighted by Gasteiger charge is 2.29. The number of hydrogen-bond donors (Lipinski definition) is 1. The van der Waals surface area contributed by atoms with Crippen molar-refractivity contribution in [2.75, 3.05) is 32.7 Å². The topological polar surface area (TPSA) is 52.9 Å². The maximum Gasteiger partial charge on any atom is 0.225 e. The Morgan fingerprint density at radius 3 is 3.00 bits per heavy atom. The summed E-state index contributed by atoms with van der Waals surface area (Å²) in [7, 11) is 0. The monoisotopic (exact) mass is 389 g/mol. The van der Waals surface area contributed by atoms with Crippen molar-refractivity contribution < 1.29 is 4.79 Å². The lowest BCUT2D eigenvalue weighted by Gasteiger charge is -2.31. The van der Waals surface area contributed by atoms with E-state index in [4.69, 9.17) is 11.6 Å². The fourth-order valence-corrected chi connectivity index (χ4v) is 4.45. The van der Waals surface area contributed by atoms with E-state index in [-0.39, 0.29) is 5.92 Å². The largest absolute Gasteiger partial charge is 0.341 e. The minimum atomic E-state index is 0.191. The van der Waals surface area contributed by atoms with Crippen LogP contribution in [0.15, 0.2) is 24.5 Å². The van der Waals surface area contributed by atoms with Crippen LogP contribution in [0.4, 0.5) is 0 Å². The molecule has 0 spiro atoms. The molecule has 6 nitrogen and oxygen atoms in total. The smallest absolute Gasteiger partial charge is 0.225 e. The van der Waals surface area contributed by atoms with Gasteiger partial charge in [0.1, 0.15) is 5.65 Å². The Morgan fingerprint density at radius 2 is 2.15 bits per heavy atom. The van der Waals surface area contributed by atoms with Gasteiger partial charge >= 0.3 is 0 Å². The number of nitrogens with zero attached hydrogens (tertiary/aromatic N) is 4. The zero-order valence-corrected chi connectivity index (χ0v) is 16.7. The third kappa shape index (κ3) is 4.45. The van der Waals surface area contributed by atoms with Crippen molar-refractivity contribution in [3.05, 3.63) is 35.2 Å². The van der Waals surface area contributed by atoms with E-state index < -0.39 is 0 Å². The molecule has 0 aliphatic carbocycles. The quantitative estimate of drug-likeness (QED) is 0.875. The molecular weight excluding hydrogens is 362 g/mol. The Labute approximate surface area is 165 Å². The molecule has 0 aromatic carbocycles. The SMILES string of the molecule is C[C@H]1C[C@@H](C(=O)N2CCCN(Cc3cn4cc(Cl)ccc4n3)CC2)CCN1. The van der Waals surface area contributed by atoms with Crippen LogP contribution in [0.5, 0.6) is 0 Å². The molecule has 0 bridgehead atoms. The number of halogens is 1. The number of pyridine rings is 1. The van der Waals surface area contributed by atoms with Gasteiger partial charge in [-0.2, -0.15) is 0 Å². The summed E-state index contributed by atoms with van der Waals surface area (Å²) in [4.78, 5) is 22.1. The Balaban J connectivity index is 1.35. The lowest BCUT2D eigenvalue weighted by atomic mass is 9.92. The maximum absolute atomic E-state index is 12.9. The van der Waals surface area contributed by atoms with Crippen molar-refractivity contribution in [1.29, 1.82) is 0 Å². The third-order valence-corrected chi connectivity index (χ3v) is 5.95. The number of imidazole rings is 1. The summed E-state index contributed by atoms with van der Waals surface area (Å²) in [6.45, 7) is 7.53. The van der Waals surface area contributed by atoms with Crippen molar-refractivity contribution in [3.63, 3.8) is 0 Å². The number of carbonyl (C=O) groups is 1. The van der Waals surface area contributed by atoms with Crippen LogP contribution in [-0.4, -0.2) is 63.9 Å². The number of hydrogen-bond acceptors (Lipinski definition) is 4. The van der Waals surface area contributed by atoms with Gasteiger partial charge in [-0.25, -0.2) is 4.98 Å². The average molecular weight is 390 g/mol. The molecule has 2 aromatic heterocycles. The third-order valence-electron chi connectivity index (χ3n) is 5.72. The second kappa shape index (κ2) is 8.17. The van der Waals surface area contributed by atoms with Gasteiger partial charge in [-0.1, -0.05) is 11.6 Å². The van der Waals surface area contributed by atoms with Crippen LogP contribution >= 0.6 is 11.6 Å². The molecule has 27 heavy (non-hydrogen) atoms. The van der Waals surface area contributed by atoms with Gasteiger partial charge in [0, 0.05) is 57.1 Å². The number of rotatable bonds is 3. The molecular formula is C20H28ClN5O. The van der Waals surface area contributed by atoms with E-state index in [2.05, 4.69) is 27.0 Å². The Kier molecular flexibility index (Phi) is 5.66. The molecule has 0 saturated carbocycles. The van der Waals surface area contributed by atoms with Gasteiger partial charge in [-0.05, 0) is 44.9 Å². The molecule has 2 saturated heterocycles. The molecule has 7 heteroatoms. The fraction of sp³-hybridized carbons (Fsp3) is 0.600. The zero-order chi connectivity index (χ0) is 18.8. The summed E-state index contributed by atoms with van der Waals surface area (Å²) in [6.07, 6.45) is 6.88. The van der Waals surface area contributed by atoms with Crippen molar-refractivity contribution in [3.8, 4) is 0 Å². The van der Waals surface area contributed by atoms with E-state index in [1.54, 1.807) is 0 Å². The standard InChI is InChI=1S/C20H28ClN5O/c1-15-11-16(5-6-22-15)20(27)25-8-2-7-24(9-10-25)13-18-14-26-12-17(21)3-4-19(26)23-18/h3-4,12,14-16,22H,2,5-11,13H2,1H3/t15-,16-/m0/s1. The molecule has 4 rings (SSSR count). The number of fused-ring (bicyclic) bond motifs is 1. The van der Waals surface area contributed by atoms with E-state index in [0.717, 1.165) is 69.9 Å². The van der Waals surface area contributed by atoms with Crippen molar-refractivity contribution in [2.24, 2.45) is 5.92 Å². The molecule has 2 atom stereocenters. The van der Waals surface area contributed by atoms with E-state index in [0.29, 0.717) is 17.0 Å². The highest BCUT2D eigenvalue weighted by atomic mass is 35.5. The zero-order valence-electron chi connectivity index (χ0n) is 15.9. The lowest BCUT2D eigenvalue weighted by Crippen LogP contribution is -2.45. The van der Waals surface area contributed by atoms with Gasteiger partial charge in [0.2, 0.25) is 5.91 Å². The first-order chi connectivity index (χ1) is 13.1. The highest BCUT2D eigenvalue weighted by molar-refractivity contribution is 6.30. The van der Waals surface area contributed by atoms with Crippen LogP contribution in [0.1, 0.15) is 31.9 Å². The molecule has 2 aliphatic heterocycles. The van der Waals surface area contributed by atoms with Crippen LogP contribution in [0.3, 0.4) is 0 Å². The first kappa shape index (κ1) is 18.7. The van der Waals surface area contributed by atoms with Crippen molar-refractivity contribution >= 4 is 23.2 Å². The molecule has 4 heterocycles. The fourth-order valence-electron chi connectivity index (χ4n) is 4.29. The van der Waals surface area contributed by atoms with Gasteiger partial charge in [0.05, 0.1) is 10.7 Å². The highest BCUT2D eigenvalue weighted by Crippen LogP contribution is 2.20. The summed E-state index contributed by atoms with van der Waals surface area (Å²) >= 11 is 6.06. The summed E-state index contributed by atoms with van der Waals surface area (Å²) in [5, 5.41) is 4.15. The van der Waals surface area contributed by atoms with Gasteiger partial charge in [-0.15, -0.1) is 0 Å². The predicted octanol–water partition coefficient (Wildman–Crippen LogP) is 2.41. The second-order valence-corrected chi connectivity index (χ2v) is 8.31. The molecule has 1 amide bonds. The molecule has 0 unspecified atom stereocenters. The van der Waals surface area contributed by atoms with Gasteiger partial charge in [0.25, 0.3) is 0 Å².